The Morgan fingerprint density at radius 3 is 2.69 bits per heavy atom. The lowest BCUT2D eigenvalue weighted by Crippen LogP contribution is -2.12. The monoisotopic (exact) mass is 224 g/mol. The van der Waals surface area contributed by atoms with Crippen molar-refractivity contribution in [3.8, 4) is 0 Å². The van der Waals surface area contributed by atoms with Crippen molar-refractivity contribution in [2.75, 3.05) is 7.05 Å². The van der Waals surface area contributed by atoms with Crippen molar-refractivity contribution in [3.05, 3.63) is 17.8 Å². The van der Waals surface area contributed by atoms with E-state index < -0.39 is 0 Å². The standard InChI is InChI=1S/C13H24N2O/c1-10(7-13(2,3)4)6-11-8-15-12(16-11)9-14-5/h8,10,14H,6-7,9H2,1-5H3. The van der Waals surface area contributed by atoms with Crippen LogP contribution in [0.1, 0.15) is 45.8 Å². The first-order chi connectivity index (χ1) is 7.40. The third-order valence-corrected chi connectivity index (χ3v) is 2.44. The summed E-state index contributed by atoms with van der Waals surface area (Å²) >= 11 is 0. The number of oxazole rings is 1. The molecule has 0 spiro atoms. The van der Waals surface area contributed by atoms with E-state index in [9.17, 15) is 0 Å². The zero-order valence-corrected chi connectivity index (χ0v) is 11.1. The molecule has 1 rings (SSSR count). The molecule has 1 atom stereocenters. The highest BCUT2D eigenvalue weighted by molar-refractivity contribution is 4.95. The quantitative estimate of drug-likeness (QED) is 0.835. The molecular weight excluding hydrogens is 200 g/mol. The molecule has 92 valence electrons. The average molecular weight is 224 g/mol. The maximum Gasteiger partial charge on any atom is 0.208 e. The molecule has 1 N–H and O–H groups in total. The van der Waals surface area contributed by atoms with Gasteiger partial charge in [0, 0.05) is 6.42 Å². The van der Waals surface area contributed by atoms with Gasteiger partial charge in [0.15, 0.2) is 0 Å². The summed E-state index contributed by atoms with van der Waals surface area (Å²) < 4.78 is 5.64. The summed E-state index contributed by atoms with van der Waals surface area (Å²) in [5.41, 5.74) is 0.382. The molecule has 0 aromatic carbocycles. The summed E-state index contributed by atoms with van der Waals surface area (Å²) in [4.78, 5) is 4.23. The summed E-state index contributed by atoms with van der Waals surface area (Å²) in [6.45, 7) is 9.79. The Kier molecular flexibility index (Phi) is 4.54. The Balaban J connectivity index is 2.46. The molecule has 0 aliphatic rings. The van der Waals surface area contributed by atoms with Crippen molar-refractivity contribution in [2.45, 2.75) is 47.1 Å². The lowest BCUT2D eigenvalue weighted by Gasteiger charge is -2.22. The number of hydrogen-bond acceptors (Lipinski definition) is 3. The van der Waals surface area contributed by atoms with Gasteiger partial charge in [-0.3, -0.25) is 0 Å². The highest BCUT2D eigenvalue weighted by Crippen LogP contribution is 2.26. The van der Waals surface area contributed by atoms with Gasteiger partial charge in [-0.25, -0.2) is 4.98 Å². The molecule has 0 saturated heterocycles. The van der Waals surface area contributed by atoms with Crippen LogP contribution in [-0.2, 0) is 13.0 Å². The molecule has 0 amide bonds. The van der Waals surface area contributed by atoms with E-state index in [2.05, 4.69) is 38.0 Å². The van der Waals surface area contributed by atoms with Gasteiger partial charge < -0.3 is 9.73 Å². The molecule has 16 heavy (non-hydrogen) atoms. The average Bonchev–Trinajstić information content (AvgIpc) is 2.49. The minimum Gasteiger partial charge on any atom is -0.444 e. The Hall–Kier alpha value is -0.830. The fourth-order valence-corrected chi connectivity index (χ4v) is 2.14. The third-order valence-electron chi connectivity index (χ3n) is 2.44. The van der Waals surface area contributed by atoms with Crippen molar-refractivity contribution in [3.63, 3.8) is 0 Å². The largest absolute Gasteiger partial charge is 0.444 e. The molecular formula is C13H24N2O. The van der Waals surface area contributed by atoms with Gasteiger partial charge in [-0.1, -0.05) is 27.7 Å². The number of aromatic nitrogens is 1. The number of rotatable bonds is 5. The van der Waals surface area contributed by atoms with Gasteiger partial charge in [0.05, 0.1) is 12.7 Å². The lowest BCUT2D eigenvalue weighted by molar-refractivity contribution is 0.294. The van der Waals surface area contributed by atoms with Crippen LogP contribution in [-0.4, -0.2) is 12.0 Å². The van der Waals surface area contributed by atoms with E-state index >= 15 is 0 Å². The smallest absolute Gasteiger partial charge is 0.208 e. The molecule has 0 saturated carbocycles. The predicted molar refractivity (Wildman–Crippen MR) is 66.2 cm³/mol. The van der Waals surface area contributed by atoms with Crippen LogP contribution in [0.4, 0.5) is 0 Å². The first kappa shape index (κ1) is 13.2. The van der Waals surface area contributed by atoms with Crippen LogP contribution in [0.2, 0.25) is 0 Å². The van der Waals surface area contributed by atoms with Gasteiger partial charge in [-0.2, -0.15) is 0 Å². The zero-order chi connectivity index (χ0) is 12.2. The van der Waals surface area contributed by atoms with Crippen LogP contribution in [0.5, 0.6) is 0 Å². The van der Waals surface area contributed by atoms with Gasteiger partial charge in [0.1, 0.15) is 5.76 Å². The molecule has 0 aliphatic heterocycles. The highest BCUT2D eigenvalue weighted by Gasteiger charge is 2.17. The molecule has 1 heterocycles. The molecule has 1 unspecified atom stereocenters. The van der Waals surface area contributed by atoms with Gasteiger partial charge in [0.2, 0.25) is 5.89 Å². The van der Waals surface area contributed by atoms with Crippen molar-refractivity contribution < 1.29 is 4.42 Å². The molecule has 3 nitrogen and oxygen atoms in total. The van der Waals surface area contributed by atoms with Crippen LogP contribution in [0.15, 0.2) is 10.6 Å². The number of nitrogens with one attached hydrogen (secondary N) is 1. The summed E-state index contributed by atoms with van der Waals surface area (Å²) in [6.07, 6.45) is 4.04. The van der Waals surface area contributed by atoms with Gasteiger partial charge in [0.25, 0.3) is 0 Å². The second kappa shape index (κ2) is 5.48. The maximum atomic E-state index is 5.64. The normalized spacial score (nSPS) is 14.1. The molecule has 0 fully saturated rings. The second-order valence-corrected chi connectivity index (χ2v) is 5.82. The Morgan fingerprint density at radius 2 is 2.12 bits per heavy atom. The van der Waals surface area contributed by atoms with Crippen LogP contribution in [0.25, 0.3) is 0 Å². The Labute approximate surface area is 98.6 Å². The molecule has 1 aromatic rings. The maximum absolute atomic E-state index is 5.64. The van der Waals surface area contributed by atoms with Crippen molar-refractivity contribution >= 4 is 0 Å². The van der Waals surface area contributed by atoms with Crippen molar-refractivity contribution in [1.82, 2.24) is 10.3 Å². The van der Waals surface area contributed by atoms with E-state index in [4.69, 9.17) is 4.42 Å². The summed E-state index contributed by atoms with van der Waals surface area (Å²) in [5, 5.41) is 3.03. The number of hydrogen-bond donors (Lipinski definition) is 1. The second-order valence-electron chi connectivity index (χ2n) is 5.82. The first-order valence-corrected chi connectivity index (χ1v) is 5.99. The van der Waals surface area contributed by atoms with Gasteiger partial charge in [-0.15, -0.1) is 0 Å². The van der Waals surface area contributed by atoms with E-state index in [1.54, 1.807) is 0 Å². The van der Waals surface area contributed by atoms with Gasteiger partial charge in [-0.05, 0) is 24.8 Å². The summed E-state index contributed by atoms with van der Waals surface area (Å²) in [5.74, 6) is 2.41. The minimum absolute atomic E-state index is 0.382. The third kappa shape index (κ3) is 4.79. The topological polar surface area (TPSA) is 38.1 Å². The minimum atomic E-state index is 0.382. The Morgan fingerprint density at radius 1 is 1.44 bits per heavy atom. The van der Waals surface area contributed by atoms with Gasteiger partial charge >= 0.3 is 0 Å². The van der Waals surface area contributed by atoms with E-state index in [1.165, 1.54) is 6.42 Å². The van der Waals surface area contributed by atoms with Crippen molar-refractivity contribution in [1.29, 1.82) is 0 Å². The Bertz CT molecular complexity index is 312. The van der Waals surface area contributed by atoms with Crippen LogP contribution >= 0.6 is 0 Å². The van der Waals surface area contributed by atoms with E-state index in [-0.39, 0.29) is 0 Å². The van der Waals surface area contributed by atoms with Crippen LogP contribution in [0.3, 0.4) is 0 Å². The first-order valence-electron chi connectivity index (χ1n) is 5.99. The van der Waals surface area contributed by atoms with Crippen LogP contribution < -0.4 is 5.32 Å². The SMILES string of the molecule is CNCc1ncc(CC(C)CC(C)(C)C)o1. The molecule has 0 bridgehead atoms. The molecule has 1 aromatic heterocycles. The zero-order valence-electron chi connectivity index (χ0n) is 11.1. The molecule has 3 heteroatoms. The van der Waals surface area contributed by atoms with E-state index in [0.29, 0.717) is 17.9 Å². The predicted octanol–water partition coefficient (Wildman–Crippen LogP) is 3.01. The lowest BCUT2D eigenvalue weighted by atomic mass is 9.84. The molecule has 0 radical (unpaired) electrons. The van der Waals surface area contributed by atoms with E-state index in [1.807, 2.05) is 13.2 Å². The summed E-state index contributed by atoms with van der Waals surface area (Å²) in [6, 6.07) is 0. The fourth-order valence-electron chi connectivity index (χ4n) is 2.14. The van der Waals surface area contributed by atoms with E-state index in [0.717, 1.165) is 18.1 Å². The highest BCUT2D eigenvalue weighted by atomic mass is 16.4. The number of nitrogens with zero attached hydrogens (tertiary/aromatic N) is 1. The van der Waals surface area contributed by atoms with Crippen molar-refractivity contribution in [2.24, 2.45) is 11.3 Å². The molecule has 0 aliphatic carbocycles. The fraction of sp³-hybridized carbons (Fsp3) is 0.769. The van der Waals surface area contributed by atoms with Crippen LogP contribution in [0, 0.1) is 11.3 Å². The summed E-state index contributed by atoms with van der Waals surface area (Å²) in [7, 11) is 1.89.